The summed E-state index contributed by atoms with van der Waals surface area (Å²) in [5.74, 6) is -0.271. The number of hydrogen-bond acceptors (Lipinski definition) is 6. The lowest BCUT2D eigenvalue weighted by atomic mass is 10.3. The Morgan fingerprint density at radius 3 is 2.33 bits per heavy atom. The highest BCUT2D eigenvalue weighted by Crippen LogP contribution is 2.25. The van der Waals surface area contributed by atoms with Crippen molar-refractivity contribution in [1.82, 2.24) is 9.97 Å². The molecule has 0 radical (unpaired) electrons. The summed E-state index contributed by atoms with van der Waals surface area (Å²) in [7, 11) is 0. The molecule has 0 atom stereocenters. The summed E-state index contributed by atoms with van der Waals surface area (Å²) in [6, 6.07) is 4.13. The summed E-state index contributed by atoms with van der Waals surface area (Å²) in [5, 5.41) is 4.96. The molecule has 0 aliphatic carbocycles. The second kappa shape index (κ2) is 8.92. The Labute approximate surface area is 152 Å². The first-order valence-corrected chi connectivity index (χ1v) is 7.87. The minimum atomic E-state index is -4.78. The summed E-state index contributed by atoms with van der Waals surface area (Å²) in [5.41, 5.74) is 0.460. The van der Waals surface area contributed by atoms with Crippen LogP contribution in [-0.4, -0.2) is 35.6 Å². The molecule has 0 spiro atoms. The lowest BCUT2D eigenvalue weighted by Gasteiger charge is -2.12. The second-order valence-corrected chi connectivity index (χ2v) is 4.89. The zero-order chi connectivity index (χ0) is 19.9. The van der Waals surface area contributed by atoms with E-state index in [4.69, 9.17) is 9.47 Å². The van der Waals surface area contributed by atoms with E-state index in [0.717, 1.165) is 12.1 Å². The lowest BCUT2D eigenvalue weighted by molar-refractivity contribution is -0.274. The molecule has 0 unspecified atom stereocenters. The first kappa shape index (κ1) is 20.1. The molecule has 0 aliphatic rings. The van der Waals surface area contributed by atoms with E-state index >= 15 is 0 Å². The molecule has 0 saturated heterocycles. The third-order valence-corrected chi connectivity index (χ3v) is 2.88. The second-order valence-electron chi connectivity index (χ2n) is 4.89. The molecule has 1 aromatic carbocycles. The van der Waals surface area contributed by atoms with Crippen LogP contribution in [0.4, 0.5) is 29.3 Å². The van der Waals surface area contributed by atoms with Crippen molar-refractivity contribution in [3.63, 3.8) is 0 Å². The van der Waals surface area contributed by atoms with Gasteiger partial charge in [-0.3, -0.25) is 0 Å². The van der Waals surface area contributed by atoms with Gasteiger partial charge in [-0.15, -0.1) is 13.2 Å². The number of alkyl halides is 3. The molecule has 0 fully saturated rings. The minimum absolute atomic E-state index is 0.104. The molecule has 1 heterocycles. The number of nitrogens with zero attached hydrogens (tertiary/aromatic N) is 2. The Hall–Kier alpha value is -3.24. The van der Waals surface area contributed by atoms with Crippen LogP contribution in [0.1, 0.15) is 13.8 Å². The number of anilines is 2. The predicted octanol–water partition coefficient (Wildman–Crippen LogP) is 3.82. The Kier molecular flexibility index (Phi) is 6.63. The Morgan fingerprint density at radius 2 is 1.74 bits per heavy atom. The van der Waals surface area contributed by atoms with Crippen LogP contribution >= 0.6 is 0 Å². The fraction of sp³-hybridized carbons (Fsp3) is 0.312. The van der Waals surface area contributed by atoms with Gasteiger partial charge in [0.05, 0.1) is 19.4 Å². The van der Waals surface area contributed by atoms with Crippen LogP contribution in [0.5, 0.6) is 17.6 Å². The van der Waals surface area contributed by atoms with Crippen molar-refractivity contribution in [3.8, 4) is 17.6 Å². The van der Waals surface area contributed by atoms with Crippen molar-refractivity contribution in [2.45, 2.75) is 20.2 Å². The number of nitrogens with one attached hydrogen (secondary N) is 2. The van der Waals surface area contributed by atoms with Crippen molar-refractivity contribution in [3.05, 3.63) is 30.5 Å². The number of ether oxygens (including phenoxy) is 3. The average molecular weight is 386 g/mol. The van der Waals surface area contributed by atoms with Crippen LogP contribution in [0, 0.1) is 0 Å². The molecule has 27 heavy (non-hydrogen) atoms. The molecule has 8 nitrogen and oxygen atoms in total. The van der Waals surface area contributed by atoms with Gasteiger partial charge in [-0.05, 0) is 38.1 Å². The van der Waals surface area contributed by atoms with Crippen LogP contribution in [-0.2, 0) is 0 Å². The summed E-state index contributed by atoms with van der Waals surface area (Å²) in [6.07, 6.45) is -3.46. The number of carbonyl (C=O) groups is 1. The number of halogens is 3. The molecular weight excluding hydrogens is 369 g/mol. The third kappa shape index (κ3) is 6.53. The van der Waals surface area contributed by atoms with Crippen molar-refractivity contribution < 1.29 is 32.2 Å². The molecule has 1 aromatic heterocycles. The standard InChI is InChI=1S/C16H17F3N4O4/c1-3-25-13-12(9-20-15(23-13)26-4-2)22-14(24)21-10-5-7-11(8-6-10)27-16(17,18)19/h5-9H,3-4H2,1-2H3,(H2,21,22,24). The van der Waals surface area contributed by atoms with Gasteiger partial charge in [0.2, 0.25) is 5.88 Å². The average Bonchev–Trinajstić information content (AvgIpc) is 2.58. The van der Waals surface area contributed by atoms with E-state index < -0.39 is 18.1 Å². The lowest BCUT2D eigenvalue weighted by Crippen LogP contribution is -2.20. The molecule has 2 rings (SSSR count). The third-order valence-electron chi connectivity index (χ3n) is 2.88. The molecule has 2 N–H and O–H groups in total. The molecule has 11 heteroatoms. The van der Waals surface area contributed by atoms with Crippen molar-refractivity contribution in [1.29, 1.82) is 0 Å². The molecule has 0 aliphatic heterocycles. The minimum Gasteiger partial charge on any atom is -0.476 e. The smallest absolute Gasteiger partial charge is 0.476 e. The van der Waals surface area contributed by atoms with E-state index in [-0.39, 0.29) is 23.3 Å². The number of hydrogen-bond donors (Lipinski definition) is 2. The van der Waals surface area contributed by atoms with Gasteiger partial charge in [-0.2, -0.15) is 4.98 Å². The van der Waals surface area contributed by atoms with E-state index in [1.165, 1.54) is 18.3 Å². The van der Waals surface area contributed by atoms with Crippen LogP contribution in [0.15, 0.2) is 30.5 Å². The van der Waals surface area contributed by atoms with Crippen LogP contribution in [0.2, 0.25) is 0 Å². The molecular formula is C16H17F3N4O4. The van der Waals surface area contributed by atoms with Crippen LogP contribution in [0.3, 0.4) is 0 Å². The van der Waals surface area contributed by atoms with E-state index in [1.54, 1.807) is 13.8 Å². The molecule has 2 amide bonds. The van der Waals surface area contributed by atoms with Gasteiger partial charge in [0.15, 0.2) is 0 Å². The summed E-state index contributed by atoms with van der Waals surface area (Å²) in [6.45, 7) is 4.19. The Morgan fingerprint density at radius 1 is 1.07 bits per heavy atom. The van der Waals surface area contributed by atoms with Gasteiger partial charge in [-0.25, -0.2) is 9.78 Å². The van der Waals surface area contributed by atoms with E-state index in [1.807, 2.05) is 0 Å². The number of rotatable bonds is 7. The van der Waals surface area contributed by atoms with Gasteiger partial charge in [0, 0.05) is 5.69 Å². The van der Waals surface area contributed by atoms with Gasteiger partial charge in [0.1, 0.15) is 11.4 Å². The number of aromatic nitrogens is 2. The Bertz CT molecular complexity index is 769. The molecule has 0 bridgehead atoms. The predicted molar refractivity (Wildman–Crippen MR) is 90.1 cm³/mol. The van der Waals surface area contributed by atoms with E-state index in [2.05, 4.69) is 25.3 Å². The summed E-state index contributed by atoms with van der Waals surface area (Å²) >= 11 is 0. The largest absolute Gasteiger partial charge is 0.573 e. The molecule has 0 saturated carbocycles. The van der Waals surface area contributed by atoms with Crippen molar-refractivity contribution >= 4 is 17.4 Å². The van der Waals surface area contributed by atoms with Gasteiger partial charge in [0.25, 0.3) is 0 Å². The van der Waals surface area contributed by atoms with Crippen LogP contribution in [0.25, 0.3) is 0 Å². The van der Waals surface area contributed by atoms with Crippen molar-refractivity contribution in [2.75, 3.05) is 23.8 Å². The highest BCUT2D eigenvalue weighted by molar-refractivity contribution is 6.00. The maximum Gasteiger partial charge on any atom is 0.573 e. The summed E-state index contributed by atoms with van der Waals surface area (Å²) < 4.78 is 50.7. The summed E-state index contributed by atoms with van der Waals surface area (Å²) in [4.78, 5) is 20.1. The quantitative estimate of drug-likeness (QED) is 0.751. The monoisotopic (exact) mass is 386 g/mol. The fourth-order valence-electron chi connectivity index (χ4n) is 1.91. The van der Waals surface area contributed by atoms with Gasteiger partial charge < -0.3 is 24.8 Å². The normalized spacial score (nSPS) is 10.9. The number of urea groups is 1. The van der Waals surface area contributed by atoms with Crippen molar-refractivity contribution in [2.24, 2.45) is 0 Å². The molecule has 146 valence electrons. The number of amides is 2. The van der Waals surface area contributed by atoms with E-state index in [0.29, 0.717) is 13.2 Å². The zero-order valence-corrected chi connectivity index (χ0v) is 14.5. The number of carbonyl (C=O) groups excluding carboxylic acids is 1. The van der Waals surface area contributed by atoms with Gasteiger partial charge >= 0.3 is 18.4 Å². The highest BCUT2D eigenvalue weighted by Gasteiger charge is 2.30. The highest BCUT2D eigenvalue weighted by atomic mass is 19.4. The number of benzene rings is 1. The zero-order valence-electron chi connectivity index (χ0n) is 14.5. The maximum absolute atomic E-state index is 12.1. The Balaban J connectivity index is 2.02. The topological polar surface area (TPSA) is 94.6 Å². The van der Waals surface area contributed by atoms with Gasteiger partial charge in [-0.1, -0.05) is 0 Å². The first-order chi connectivity index (χ1) is 12.8. The SMILES string of the molecule is CCOc1ncc(NC(=O)Nc2ccc(OC(F)(F)F)cc2)c(OCC)n1. The maximum atomic E-state index is 12.1. The molecule has 2 aromatic rings. The van der Waals surface area contributed by atoms with E-state index in [9.17, 15) is 18.0 Å². The van der Waals surface area contributed by atoms with Crippen LogP contribution < -0.4 is 24.8 Å². The fourth-order valence-corrected chi connectivity index (χ4v) is 1.91. The first-order valence-electron chi connectivity index (χ1n) is 7.87.